The number of unbranched alkanes of at least 4 members (excludes halogenated alkanes) is 8. The molecule has 0 amide bonds. The first-order valence-corrected chi connectivity index (χ1v) is 8.71. The van der Waals surface area contributed by atoms with Gasteiger partial charge in [0.2, 0.25) is 0 Å². The van der Waals surface area contributed by atoms with E-state index in [1.165, 1.54) is 81.7 Å². The van der Waals surface area contributed by atoms with Crippen LogP contribution in [0, 0.1) is 0 Å². The first kappa shape index (κ1) is 16.7. The molecule has 2 heteroatoms. The second-order valence-corrected chi connectivity index (χ2v) is 5.70. The van der Waals surface area contributed by atoms with Crippen molar-refractivity contribution in [3.8, 4) is 0 Å². The fourth-order valence-electron chi connectivity index (χ4n) is 1.85. The van der Waals surface area contributed by atoms with E-state index in [0.29, 0.717) is 0 Å². The minimum absolute atomic E-state index is 1.23. The van der Waals surface area contributed by atoms with Gasteiger partial charge in [-0.1, -0.05) is 74.5 Å². The van der Waals surface area contributed by atoms with Crippen molar-refractivity contribution in [3.05, 3.63) is 0 Å². The van der Waals surface area contributed by atoms with Gasteiger partial charge in [0.15, 0.2) is 0 Å². The Labute approximate surface area is 116 Å². The summed E-state index contributed by atoms with van der Waals surface area (Å²) < 4.78 is 1.32. The summed E-state index contributed by atoms with van der Waals surface area (Å²) in [5.41, 5.74) is 0. The van der Waals surface area contributed by atoms with Crippen LogP contribution in [-0.2, 0) is 0 Å². The van der Waals surface area contributed by atoms with Crippen LogP contribution in [0.2, 0.25) is 0 Å². The molecule has 0 saturated carbocycles. The molecule has 0 spiro atoms. The normalized spacial score (nSPS) is 10.9. The molecule has 0 aromatic rings. The van der Waals surface area contributed by atoms with Crippen molar-refractivity contribution < 1.29 is 0 Å². The van der Waals surface area contributed by atoms with Crippen molar-refractivity contribution >= 4 is 22.6 Å². The number of rotatable bonds is 13. The monoisotopic (exact) mass is 339 g/mol. The predicted octanol–water partition coefficient (Wildman–Crippen LogP) is 4.93. The van der Waals surface area contributed by atoms with Crippen LogP contribution in [-0.4, -0.2) is 17.5 Å². The van der Waals surface area contributed by atoms with E-state index in [9.17, 15) is 0 Å². The maximum absolute atomic E-state index is 3.54. The fourth-order valence-corrected chi connectivity index (χ4v) is 2.39. The van der Waals surface area contributed by atoms with E-state index in [1.807, 2.05) is 0 Å². The van der Waals surface area contributed by atoms with Crippen molar-refractivity contribution in [3.63, 3.8) is 0 Å². The quantitative estimate of drug-likeness (QED) is 0.285. The summed E-state index contributed by atoms with van der Waals surface area (Å²) in [6, 6.07) is 0. The van der Waals surface area contributed by atoms with Crippen LogP contribution < -0.4 is 5.32 Å². The predicted molar refractivity (Wildman–Crippen MR) is 83.6 cm³/mol. The molecule has 0 heterocycles. The molecule has 0 rings (SSSR count). The van der Waals surface area contributed by atoms with E-state index in [0.717, 1.165) is 0 Å². The summed E-state index contributed by atoms with van der Waals surface area (Å²) in [6.45, 7) is 4.74. The van der Waals surface area contributed by atoms with Gasteiger partial charge in [0.25, 0.3) is 0 Å². The molecule has 0 saturated heterocycles. The van der Waals surface area contributed by atoms with E-state index < -0.39 is 0 Å². The molecular formula is C14H30IN. The Morgan fingerprint density at radius 3 is 1.75 bits per heavy atom. The van der Waals surface area contributed by atoms with Crippen molar-refractivity contribution in [2.75, 3.05) is 17.5 Å². The molecule has 0 aliphatic rings. The van der Waals surface area contributed by atoms with Gasteiger partial charge in [-0.2, -0.15) is 0 Å². The molecule has 0 aromatic carbocycles. The first-order chi connectivity index (χ1) is 7.91. The summed E-state index contributed by atoms with van der Waals surface area (Å²) in [4.78, 5) is 0. The highest BCUT2D eigenvalue weighted by Gasteiger charge is 1.91. The Hall–Kier alpha value is 0.690. The summed E-state index contributed by atoms with van der Waals surface area (Å²) in [6.07, 6.45) is 14.1. The summed E-state index contributed by atoms with van der Waals surface area (Å²) in [5.74, 6) is 0. The molecule has 16 heavy (non-hydrogen) atoms. The standard InChI is InChI=1S/C14H30IN/c1-2-3-4-5-6-7-10-13-16-14-11-8-9-12-15/h16H,2-14H2,1H3. The average Bonchev–Trinajstić information content (AvgIpc) is 2.31. The van der Waals surface area contributed by atoms with E-state index in [1.54, 1.807) is 0 Å². The zero-order valence-corrected chi connectivity index (χ0v) is 13.2. The number of nitrogens with one attached hydrogen (secondary N) is 1. The van der Waals surface area contributed by atoms with E-state index in [2.05, 4.69) is 34.8 Å². The zero-order chi connectivity index (χ0) is 11.9. The third-order valence-electron chi connectivity index (χ3n) is 2.94. The Morgan fingerprint density at radius 2 is 1.19 bits per heavy atom. The Balaban J connectivity index is 2.83. The highest BCUT2D eigenvalue weighted by Crippen LogP contribution is 2.06. The third kappa shape index (κ3) is 14.7. The maximum Gasteiger partial charge on any atom is -0.000472 e. The third-order valence-corrected chi connectivity index (χ3v) is 3.71. The van der Waals surface area contributed by atoms with E-state index >= 15 is 0 Å². The SMILES string of the molecule is CCCCCCCCCNCCCCCI. The average molecular weight is 339 g/mol. The van der Waals surface area contributed by atoms with Gasteiger partial charge in [0.05, 0.1) is 0 Å². The van der Waals surface area contributed by atoms with Crippen molar-refractivity contribution in [2.45, 2.75) is 71.1 Å². The Kier molecular flexibility index (Phi) is 16.4. The van der Waals surface area contributed by atoms with E-state index in [-0.39, 0.29) is 0 Å². The minimum Gasteiger partial charge on any atom is -0.317 e. The second-order valence-electron chi connectivity index (χ2n) is 4.62. The van der Waals surface area contributed by atoms with Crippen LogP contribution in [0.5, 0.6) is 0 Å². The van der Waals surface area contributed by atoms with Crippen LogP contribution in [0.1, 0.15) is 71.1 Å². The van der Waals surface area contributed by atoms with Crippen LogP contribution in [0.15, 0.2) is 0 Å². The first-order valence-electron chi connectivity index (χ1n) is 7.18. The molecule has 0 aromatic heterocycles. The van der Waals surface area contributed by atoms with Crippen LogP contribution in [0.25, 0.3) is 0 Å². The molecule has 0 bridgehead atoms. The topological polar surface area (TPSA) is 12.0 Å². The smallest absolute Gasteiger partial charge is 0.000472 e. The van der Waals surface area contributed by atoms with Crippen molar-refractivity contribution in [2.24, 2.45) is 0 Å². The van der Waals surface area contributed by atoms with Crippen LogP contribution in [0.4, 0.5) is 0 Å². The number of alkyl halides is 1. The highest BCUT2D eigenvalue weighted by atomic mass is 127. The molecule has 0 atom stereocenters. The second kappa shape index (κ2) is 15.7. The molecule has 0 unspecified atom stereocenters. The molecule has 0 fully saturated rings. The number of hydrogen-bond acceptors (Lipinski definition) is 1. The summed E-state index contributed by atoms with van der Waals surface area (Å²) in [7, 11) is 0. The lowest BCUT2D eigenvalue weighted by Gasteiger charge is -2.04. The zero-order valence-electron chi connectivity index (χ0n) is 11.1. The van der Waals surface area contributed by atoms with Crippen molar-refractivity contribution in [1.29, 1.82) is 0 Å². The largest absolute Gasteiger partial charge is 0.317 e. The molecule has 1 nitrogen and oxygen atoms in total. The molecule has 0 aliphatic carbocycles. The van der Waals surface area contributed by atoms with E-state index in [4.69, 9.17) is 0 Å². The summed E-state index contributed by atoms with van der Waals surface area (Å²) in [5, 5.41) is 3.54. The van der Waals surface area contributed by atoms with Gasteiger partial charge >= 0.3 is 0 Å². The maximum atomic E-state index is 3.54. The van der Waals surface area contributed by atoms with Gasteiger partial charge in [0.1, 0.15) is 0 Å². The van der Waals surface area contributed by atoms with Gasteiger partial charge < -0.3 is 5.32 Å². The minimum atomic E-state index is 1.23. The number of halogens is 1. The lowest BCUT2D eigenvalue weighted by atomic mass is 10.1. The van der Waals surface area contributed by atoms with Gasteiger partial charge in [-0.15, -0.1) is 0 Å². The molecule has 0 aliphatic heterocycles. The molecule has 1 N–H and O–H groups in total. The van der Waals surface area contributed by atoms with Crippen LogP contribution >= 0.6 is 22.6 Å². The Bertz CT molecular complexity index is 103. The lowest BCUT2D eigenvalue weighted by molar-refractivity contribution is 0.551. The fraction of sp³-hybridized carbons (Fsp3) is 1.00. The van der Waals surface area contributed by atoms with Gasteiger partial charge in [0, 0.05) is 0 Å². The molecule has 98 valence electrons. The number of hydrogen-bond donors (Lipinski definition) is 1. The van der Waals surface area contributed by atoms with Gasteiger partial charge in [-0.05, 0) is 36.8 Å². The van der Waals surface area contributed by atoms with Crippen molar-refractivity contribution in [1.82, 2.24) is 5.32 Å². The highest BCUT2D eigenvalue weighted by molar-refractivity contribution is 14.1. The molecular weight excluding hydrogens is 309 g/mol. The Morgan fingerprint density at radius 1 is 0.688 bits per heavy atom. The van der Waals surface area contributed by atoms with Gasteiger partial charge in [-0.3, -0.25) is 0 Å². The summed E-state index contributed by atoms with van der Waals surface area (Å²) >= 11 is 2.46. The lowest BCUT2D eigenvalue weighted by Crippen LogP contribution is -2.16. The van der Waals surface area contributed by atoms with Gasteiger partial charge in [-0.25, -0.2) is 0 Å². The van der Waals surface area contributed by atoms with Crippen LogP contribution in [0.3, 0.4) is 0 Å². The molecule has 0 radical (unpaired) electrons.